The van der Waals surface area contributed by atoms with Crippen molar-refractivity contribution >= 4 is 78.6 Å². The smallest absolute Gasteiger partial charge is 0.381 e. The van der Waals surface area contributed by atoms with E-state index in [1.54, 1.807) is 13.1 Å². The predicted octanol–water partition coefficient (Wildman–Crippen LogP) is -2.74. The molecule has 0 heterocycles. The molecule has 0 spiro atoms. The lowest BCUT2D eigenvalue weighted by Crippen LogP contribution is -2.56. The lowest BCUT2D eigenvalue weighted by molar-refractivity contribution is 0.449. The Morgan fingerprint density at radius 2 is 1.27 bits per heavy atom. The molecule has 0 amide bonds. The third kappa shape index (κ3) is 5.41. The van der Waals surface area contributed by atoms with Crippen molar-refractivity contribution in [3.8, 4) is 0 Å². The Morgan fingerprint density at radius 3 is 1.65 bits per heavy atom. The average Bonchev–Trinajstić information content (AvgIpc) is 3.34. The Morgan fingerprint density at radius 1 is 0.885 bits per heavy atom. The molecule has 1 aliphatic carbocycles. The Labute approximate surface area is 162 Å². The van der Waals surface area contributed by atoms with Gasteiger partial charge in [-0.15, -0.1) is 0 Å². The summed E-state index contributed by atoms with van der Waals surface area (Å²) in [6, 6.07) is 0. The summed E-state index contributed by atoms with van der Waals surface area (Å²) in [4.78, 5) is 0. The maximum Gasteiger partial charge on any atom is 0.381 e. The lowest BCUT2D eigenvalue weighted by Gasteiger charge is -2.16. The average molecular weight is 525 g/mol. The molecule has 0 aromatic heterocycles. The van der Waals surface area contributed by atoms with Crippen molar-refractivity contribution in [1.29, 1.82) is 0 Å². The quantitative estimate of drug-likeness (QED) is 0.207. The highest BCUT2D eigenvalue weighted by Crippen LogP contribution is 2.49. The van der Waals surface area contributed by atoms with Crippen molar-refractivity contribution in [3.63, 3.8) is 0 Å². The number of hydrogen-bond donors (Lipinski definition) is 0. The van der Waals surface area contributed by atoms with Gasteiger partial charge in [0, 0.05) is 7.11 Å². The van der Waals surface area contributed by atoms with Gasteiger partial charge >= 0.3 is 61.7 Å². The summed E-state index contributed by atoms with van der Waals surface area (Å²) in [7, 11) is -28.9. The molecule has 0 aliphatic heterocycles. The molecule has 19 heteroatoms. The van der Waals surface area contributed by atoms with Crippen molar-refractivity contribution < 1.29 is 40.1 Å². The van der Waals surface area contributed by atoms with Crippen LogP contribution in [0.4, 0.5) is 0 Å². The van der Waals surface area contributed by atoms with Gasteiger partial charge in [-0.1, -0.05) is 25.2 Å². The van der Waals surface area contributed by atoms with Crippen LogP contribution in [0.2, 0.25) is 18.6 Å². The van der Waals surface area contributed by atoms with E-state index in [2.05, 4.69) is 11.0 Å². The minimum atomic E-state index is -3.55. The van der Waals surface area contributed by atoms with Crippen molar-refractivity contribution in [1.82, 2.24) is 0 Å². The van der Waals surface area contributed by atoms with Gasteiger partial charge in [-0.3, -0.25) is 0 Å². The van der Waals surface area contributed by atoms with Gasteiger partial charge in [-0.05, 0) is 12.0 Å². The Bertz CT molecular complexity index is 799. The fourth-order valence-corrected chi connectivity index (χ4v) is 107. The van der Waals surface area contributed by atoms with Gasteiger partial charge in [0.1, 0.15) is 7.59 Å². The van der Waals surface area contributed by atoms with Crippen molar-refractivity contribution in [2.45, 2.75) is 25.1 Å². The topological polar surface area (TPSA) is 146 Å². The lowest BCUT2D eigenvalue weighted by atomic mass is 10.7. The normalized spacial score (nSPS) is 16.3. The number of allylic oxidation sites excluding steroid dienone is 1. The van der Waals surface area contributed by atoms with Crippen molar-refractivity contribution in [2.24, 2.45) is 0 Å². The minimum absolute atomic E-state index is 0.0252. The maximum atomic E-state index is 12.6. The van der Waals surface area contributed by atoms with Crippen molar-refractivity contribution in [2.75, 3.05) is 7.11 Å². The molecule has 1 rings (SSSR count). The van der Waals surface area contributed by atoms with Gasteiger partial charge in [0.05, 0.1) is 0 Å². The fraction of sp³-hybridized carbons (Fsp3) is 0.714. The molecule has 0 radical (unpaired) electrons. The molecule has 1 aliphatic rings. The summed E-state index contributed by atoms with van der Waals surface area (Å²) < 4.78 is 102. The summed E-state index contributed by atoms with van der Waals surface area (Å²) in [5.74, 6) is 0. The zero-order valence-electron chi connectivity index (χ0n) is 14.4. The second-order valence-corrected chi connectivity index (χ2v) is 56.8. The van der Waals surface area contributed by atoms with Gasteiger partial charge in [-0.2, -0.15) is 0 Å². The molecule has 0 aromatic rings. The van der Waals surface area contributed by atoms with E-state index in [9.17, 15) is 35.7 Å². The van der Waals surface area contributed by atoms with Crippen LogP contribution in [0.5, 0.6) is 0 Å². The molecular formula is C7H16O9Si10. The molecule has 1 unspecified atom stereocenters. The summed E-state index contributed by atoms with van der Waals surface area (Å²) in [6.07, 6.45) is 0.685. The van der Waals surface area contributed by atoms with Gasteiger partial charge < -0.3 is 40.1 Å². The first-order valence-electron chi connectivity index (χ1n) is 7.38. The van der Waals surface area contributed by atoms with E-state index >= 15 is 0 Å². The van der Waals surface area contributed by atoms with E-state index in [4.69, 9.17) is 0 Å². The van der Waals surface area contributed by atoms with E-state index in [1.807, 2.05) is 0 Å². The first kappa shape index (κ1) is 24.3. The first-order valence-corrected chi connectivity index (χ1v) is 32.6. The minimum Gasteiger partial charge on any atom is -0.423 e. The van der Waals surface area contributed by atoms with Crippen LogP contribution in [0, 0.1) is 0 Å². The van der Waals surface area contributed by atoms with E-state index in [1.165, 1.54) is 7.11 Å². The third-order valence-electron chi connectivity index (χ3n) is 4.02. The number of hydrogen-bond acceptors (Lipinski definition) is 9. The van der Waals surface area contributed by atoms with Crippen LogP contribution < -0.4 is 0 Å². The van der Waals surface area contributed by atoms with Crippen LogP contribution in [0.25, 0.3) is 0 Å². The molecule has 0 N–H and O–H groups in total. The van der Waals surface area contributed by atoms with E-state index in [0.717, 1.165) is 5.57 Å². The van der Waals surface area contributed by atoms with Crippen molar-refractivity contribution in [3.05, 3.63) is 12.2 Å². The molecule has 138 valence electrons. The van der Waals surface area contributed by atoms with E-state index < -0.39 is 78.6 Å². The predicted molar refractivity (Wildman–Crippen MR) is 102 cm³/mol. The van der Waals surface area contributed by atoms with Crippen LogP contribution in [-0.2, 0) is 40.1 Å². The van der Waals surface area contributed by atoms with Gasteiger partial charge in [0.25, 0.3) is 0 Å². The highest BCUT2D eigenvalue weighted by atomic mass is 30.1. The summed E-state index contributed by atoms with van der Waals surface area (Å²) in [6.45, 7) is 7.28. The van der Waals surface area contributed by atoms with Crippen LogP contribution in [0.15, 0.2) is 12.2 Å². The molecule has 9 nitrogen and oxygen atoms in total. The Balaban J connectivity index is 2.89. The molecule has 1 fully saturated rings. The summed E-state index contributed by atoms with van der Waals surface area (Å²) in [5.41, 5.74) is 0.934. The van der Waals surface area contributed by atoms with Crippen LogP contribution in [-0.4, -0.2) is 85.7 Å². The second kappa shape index (κ2) is 9.65. The molecule has 0 bridgehead atoms. The standard InChI is InChI=1S/C7H16O9Si10/c1-6-5-7(6)26(3,4)25(15)24(14)23(13)22(12)21(11)20(10)19(9)18(8)17-16-2/h7H,1,5,17H2,2-4H3. The molecule has 0 saturated heterocycles. The number of rotatable bonds is 11. The fourth-order valence-electron chi connectivity index (χ4n) is 2.26. The van der Waals surface area contributed by atoms with Crippen LogP contribution in [0.1, 0.15) is 6.42 Å². The van der Waals surface area contributed by atoms with E-state index in [0.29, 0.717) is 6.42 Å². The molecule has 1 saturated carbocycles. The Hall–Kier alpha value is 0.269. The largest absolute Gasteiger partial charge is 0.423 e. The first-order chi connectivity index (χ1) is 11.9. The molecule has 0 aromatic carbocycles. The SMILES string of the molecule is C=C1CC1[Si](C)(C)[Si](=O)[Si](=O)[Si](=O)[Si](=O)[Si](=O)[Si](=O)[Si](=O)[Si](=O)[SiH2]OC. The van der Waals surface area contributed by atoms with Gasteiger partial charge in [0.2, 0.25) is 9.28 Å². The Kier molecular flexibility index (Phi) is 9.02. The zero-order chi connectivity index (χ0) is 20.4. The molecular weight excluding hydrogens is 509 g/mol. The van der Waals surface area contributed by atoms with Crippen LogP contribution in [0.3, 0.4) is 0 Å². The summed E-state index contributed by atoms with van der Waals surface area (Å²) in [5, 5.41) is 0. The summed E-state index contributed by atoms with van der Waals surface area (Å²) >= 11 is 0. The maximum absolute atomic E-state index is 12.6. The second-order valence-electron chi connectivity index (χ2n) is 6.30. The monoisotopic (exact) mass is 524 g/mol. The molecule has 26 heavy (non-hydrogen) atoms. The molecule has 1 atom stereocenters. The third-order valence-corrected chi connectivity index (χ3v) is 79.9. The van der Waals surface area contributed by atoms with Crippen LogP contribution >= 0.6 is 0 Å². The van der Waals surface area contributed by atoms with E-state index in [-0.39, 0.29) is 5.54 Å². The highest BCUT2D eigenvalue weighted by molar-refractivity contribution is 7.77. The highest BCUT2D eigenvalue weighted by Gasteiger charge is 2.56. The van der Waals surface area contributed by atoms with Gasteiger partial charge in [0.15, 0.2) is 0 Å². The zero-order valence-corrected chi connectivity index (χ0v) is 24.8. The van der Waals surface area contributed by atoms with Gasteiger partial charge in [-0.25, -0.2) is 0 Å².